The first-order valence-electron chi connectivity index (χ1n) is 5.61. The number of benzene rings is 1. The summed E-state index contributed by atoms with van der Waals surface area (Å²) in [6.07, 6.45) is 2.60. The van der Waals surface area contributed by atoms with Gasteiger partial charge < -0.3 is 11.1 Å². The number of rotatable bonds is 2. The lowest BCUT2D eigenvalue weighted by atomic mass is 9.77. The Kier molecular flexibility index (Phi) is 2.38. The first kappa shape index (κ1) is 10.7. The smallest absolute Gasteiger partial charge is 0.244 e. The summed E-state index contributed by atoms with van der Waals surface area (Å²) in [6.45, 7) is 0. The number of nitrogens with two attached hydrogens (primary N) is 1. The van der Waals surface area contributed by atoms with Crippen molar-refractivity contribution in [2.75, 3.05) is 5.32 Å². The Morgan fingerprint density at radius 2 is 2.29 bits per heavy atom. The minimum Gasteiger partial charge on any atom is -0.324 e. The lowest BCUT2D eigenvalue weighted by molar-refractivity contribution is -0.123. The molecule has 1 heterocycles. The molecule has 0 unspecified atom stereocenters. The third kappa shape index (κ3) is 1.81. The largest absolute Gasteiger partial charge is 0.324 e. The molecule has 1 aliphatic carbocycles. The third-order valence-corrected chi connectivity index (χ3v) is 4.08. The Morgan fingerprint density at radius 3 is 3.00 bits per heavy atom. The summed E-state index contributed by atoms with van der Waals surface area (Å²) in [5.74, 6) is -0.0763. The number of carbonyl (C=O) groups excluding carboxylic acids is 1. The van der Waals surface area contributed by atoms with Gasteiger partial charge in [0, 0.05) is 5.69 Å². The molecule has 0 atom stereocenters. The summed E-state index contributed by atoms with van der Waals surface area (Å²) in [7, 11) is 0. The zero-order chi connectivity index (χ0) is 11.9. The van der Waals surface area contributed by atoms with Crippen molar-refractivity contribution < 1.29 is 4.79 Å². The number of thiazole rings is 1. The molecule has 0 bridgehead atoms. The zero-order valence-electron chi connectivity index (χ0n) is 9.27. The molecule has 0 radical (unpaired) electrons. The molecule has 0 aliphatic heterocycles. The van der Waals surface area contributed by atoms with Gasteiger partial charge in [-0.05, 0) is 37.5 Å². The van der Waals surface area contributed by atoms with E-state index in [0.717, 1.165) is 35.2 Å². The van der Waals surface area contributed by atoms with E-state index in [1.54, 1.807) is 16.8 Å². The number of anilines is 1. The summed E-state index contributed by atoms with van der Waals surface area (Å²) in [6, 6.07) is 5.71. The highest BCUT2D eigenvalue weighted by Gasteiger charge is 2.40. The minimum absolute atomic E-state index is 0.0763. The molecular weight excluding hydrogens is 234 g/mol. The van der Waals surface area contributed by atoms with Crippen LogP contribution >= 0.6 is 11.3 Å². The minimum atomic E-state index is -0.650. The Bertz CT molecular complexity index is 574. The molecule has 1 aromatic carbocycles. The fourth-order valence-electron chi connectivity index (χ4n) is 1.97. The van der Waals surface area contributed by atoms with Crippen LogP contribution in [0.4, 0.5) is 5.69 Å². The van der Waals surface area contributed by atoms with Crippen LogP contribution in [0.1, 0.15) is 19.3 Å². The summed E-state index contributed by atoms with van der Waals surface area (Å²) < 4.78 is 1.07. The molecule has 1 saturated carbocycles. The van der Waals surface area contributed by atoms with Crippen LogP contribution in [0.2, 0.25) is 0 Å². The Labute approximate surface area is 103 Å². The molecule has 88 valence electrons. The number of nitrogens with one attached hydrogen (secondary N) is 1. The number of aromatic nitrogens is 1. The van der Waals surface area contributed by atoms with Crippen LogP contribution in [-0.2, 0) is 4.79 Å². The standard InChI is InChI=1S/C12H13N3OS/c13-12(4-1-5-12)11(16)15-8-2-3-9-10(6-8)17-7-14-9/h2-3,6-7H,1,4-5,13H2,(H,15,16). The highest BCUT2D eigenvalue weighted by Crippen LogP contribution is 2.30. The number of amides is 1. The van der Waals surface area contributed by atoms with Crippen molar-refractivity contribution >= 4 is 33.1 Å². The third-order valence-electron chi connectivity index (χ3n) is 3.29. The van der Waals surface area contributed by atoms with Crippen molar-refractivity contribution in [2.45, 2.75) is 24.8 Å². The number of hydrogen-bond donors (Lipinski definition) is 2. The molecule has 1 aromatic heterocycles. The van der Waals surface area contributed by atoms with E-state index in [0.29, 0.717) is 0 Å². The van der Waals surface area contributed by atoms with E-state index in [-0.39, 0.29) is 5.91 Å². The molecule has 3 rings (SSSR count). The number of fused-ring (bicyclic) bond motifs is 1. The van der Waals surface area contributed by atoms with Crippen LogP contribution in [0.3, 0.4) is 0 Å². The summed E-state index contributed by atoms with van der Waals surface area (Å²) in [5, 5.41) is 2.88. The first-order chi connectivity index (χ1) is 8.17. The van der Waals surface area contributed by atoms with Gasteiger partial charge in [-0.25, -0.2) is 4.98 Å². The second kappa shape index (κ2) is 3.78. The average molecular weight is 247 g/mol. The van der Waals surface area contributed by atoms with Crippen molar-refractivity contribution in [1.29, 1.82) is 0 Å². The summed E-state index contributed by atoms with van der Waals surface area (Å²) >= 11 is 1.56. The molecule has 0 saturated heterocycles. The van der Waals surface area contributed by atoms with Gasteiger partial charge in [0.05, 0.1) is 21.3 Å². The van der Waals surface area contributed by atoms with E-state index < -0.39 is 5.54 Å². The topological polar surface area (TPSA) is 68.0 Å². The lowest BCUT2D eigenvalue weighted by Gasteiger charge is -2.36. The molecule has 1 aliphatic rings. The van der Waals surface area contributed by atoms with Crippen LogP contribution in [-0.4, -0.2) is 16.4 Å². The predicted molar refractivity (Wildman–Crippen MR) is 69.0 cm³/mol. The van der Waals surface area contributed by atoms with Crippen LogP contribution in [0, 0.1) is 0 Å². The fraction of sp³-hybridized carbons (Fsp3) is 0.333. The van der Waals surface area contributed by atoms with E-state index in [2.05, 4.69) is 10.3 Å². The molecule has 0 spiro atoms. The molecule has 2 aromatic rings. The SMILES string of the molecule is NC1(C(=O)Nc2ccc3ncsc3c2)CCC1. The molecule has 3 N–H and O–H groups in total. The van der Waals surface area contributed by atoms with Crippen molar-refractivity contribution in [1.82, 2.24) is 4.98 Å². The van der Waals surface area contributed by atoms with Gasteiger partial charge in [-0.3, -0.25) is 4.79 Å². The van der Waals surface area contributed by atoms with Crippen molar-refractivity contribution in [3.8, 4) is 0 Å². The van der Waals surface area contributed by atoms with Gasteiger partial charge in [-0.2, -0.15) is 0 Å². The lowest BCUT2D eigenvalue weighted by Crippen LogP contribution is -2.56. The maximum absolute atomic E-state index is 11.9. The molecule has 17 heavy (non-hydrogen) atoms. The second-order valence-electron chi connectivity index (χ2n) is 4.50. The Hall–Kier alpha value is -1.46. The quantitative estimate of drug-likeness (QED) is 0.854. The van der Waals surface area contributed by atoms with Crippen molar-refractivity contribution in [3.05, 3.63) is 23.7 Å². The summed E-state index contributed by atoms with van der Waals surface area (Å²) in [4.78, 5) is 16.1. The van der Waals surface area contributed by atoms with E-state index in [1.165, 1.54) is 0 Å². The predicted octanol–water partition coefficient (Wildman–Crippen LogP) is 2.12. The molecule has 1 amide bonds. The molecular formula is C12H13N3OS. The van der Waals surface area contributed by atoms with Crippen LogP contribution in [0.15, 0.2) is 23.7 Å². The maximum Gasteiger partial charge on any atom is 0.244 e. The van der Waals surface area contributed by atoms with Crippen LogP contribution < -0.4 is 11.1 Å². The van der Waals surface area contributed by atoms with E-state index in [4.69, 9.17) is 5.73 Å². The van der Waals surface area contributed by atoms with Gasteiger partial charge in [0.15, 0.2) is 0 Å². The number of nitrogens with zero attached hydrogens (tertiary/aromatic N) is 1. The first-order valence-corrected chi connectivity index (χ1v) is 6.49. The molecule has 5 heteroatoms. The van der Waals surface area contributed by atoms with Gasteiger partial charge in [0.1, 0.15) is 0 Å². The monoisotopic (exact) mass is 247 g/mol. The highest BCUT2D eigenvalue weighted by molar-refractivity contribution is 7.16. The van der Waals surface area contributed by atoms with Gasteiger partial charge in [-0.15, -0.1) is 11.3 Å². The van der Waals surface area contributed by atoms with Gasteiger partial charge in [0.25, 0.3) is 0 Å². The van der Waals surface area contributed by atoms with Gasteiger partial charge >= 0.3 is 0 Å². The Balaban J connectivity index is 1.82. The van der Waals surface area contributed by atoms with E-state index in [1.807, 2.05) is 18.2 Å². The van der Waals surface area contributed by atoms with Crippen molar-refractivity contribution in [3.63, 3.8) is 0 Å². The van der Waals surface area contributed by atoms with Gasteiger partial charge in [0.2, 0.25) is 5.91 Å². The van der Waals surface area contributed by atoms with Crippen LogP contribution in [0.5, 0.6) is 0 Å². The molecule has 1 fully saturated rings. The average Bonchev–Trinajstić information content (AvgIpc) is 2.73. The van der Waals surface area contributed by atoms with E-state index >= 15 is 0 Å². The summed E-state index contributed by atoms with van der Waals surface area (Å²) in [5.41, 5.74) is 8.87. The number of carbonyl (C=O) groups is 1. The fourth-order valence-corrected chi connectivity index (χ4v) is 2.69. The maximum atomic E-state index is 11.9. The number of hydrogen-bond acceptors (Lipinski definition) is 4. The van der Waals surface area contributed by atoms with E-state index in [9.17, 15) is 4.79 Å². The second-order valence-corrected chi connectivity index (χ2v) is 5.39. The van der Waals surface area contributed by atoms with Gasteiger partial charge in [-0.1, -0.05) is 0 Å². The normalized spacial score (nSPS) is 17.7. The molecule has 4 nitrogen and oxygen atoms in total. The highest BCUT2D eigenvalue weighted by atomic mass is 32.1. The Morgan fingerprint density at radius 1 is 1.47 bits per heavy atom. The van der Waals surface area contributed by atoms with Crippen LogP contribution in [0.25, 0.3) is 10.2 Å². The van der Waals surface area contributed by atoms with Crippen molar-refractivity contribution in [2.24, 2.45) is 5.73 Å². The zero-order valence-corrected chi connectivity index (χ0v) is 10.1.